The monoisotopic (exact) mass is 271 g/mol. The summed E-state index contributed by atoms with van der Waals surface area (Å²) in [5.74, 6) is -0.791. The van der Waals surface area contributed by atoms with Crippen molar-refractivity contribution in [2.45, 2.75) is 13.8 Å². The quantitative estimate of drug-likeness (QED) is 0.820. The molecule has 1 amide bonds. The highest BCUT2D eigenvalue weighted by Gasteiger charge is 2.08. The molecule has 1 aromatic carbocycles. The average molecular weight is 272 g/mol. The Morgan fingerprint density at radius 3 is 2.67 bits per heavy atom. The SMILES string of the molecule is CC(C)=CC(=O)Nc1c(F)cccc1Br. The second-order valence-electron chi connectivity index (χ2n) is 3.31. The molecule has 0 radical (unpaired) electrons. The summed E-state index contributed by atoms with van der Waals surface area (Å²) in [6.45, 7) is 3.60. The normalized spacial score (nSPS) is 9.60. The molecule has 0 saturated heterocycles. The van der Waals surface area contributed by atoms with Crippen molar-refractivity contribution in [3.05, 3.63) is 40.1 Å². The van der Waals surface area contributed by atoms with E-state index in [-0.39, 0.29) is 11.6 Å². The van der Waals surface area contributed by atoms with Crippen molar-refractivity contribution in [3.8, 4) is 0 Å². The average Bonchev–Trinajstić information content (AvgIpc) is 2.10. The molecule has 80 valence electrons. The smallest absolute Gasteiger partial charge is 0.248 e. The van der Waals surface area contributed by atoms with Gasteiger partial charge in [-0.15, -0.1) is 0 Å². The Morgan fingerprint density at radius 1 is 1.47 bits per heavy atom. The van der Waals surface area contributed by atoms with Crippen LogP contribution in [0.5, 0.6) is 0 Å². The van der Waals surface area contributed by atoms with Crippen LogP contribution in [0, 0.1) is 5.82 Å². The van der Waals surface area contributed by atoms with Crippen LogP contribution in [-0.4, -0.2) is 5.91 Å². The number of carbonyl (C=O) groups is 1. The Hall–Kier alpha value is -1.16. The Kier molecular flexibility index (Phi) is 4.03. The molecule has 0 spiro atoms. The molecule has 0 heterocycles. The van der Waals surface area contributed by atoms with Gasteiger partial charge in [0.25, 0.3) is 0 Å². The molecule has 1 aromatic rings. The van der Waals surface area contributed by atoms with E-state index in [9.17, 15) is 9.18 Å². The Balaban J connectivity index is 2.90. The topological polar surface area (TPSA) is 29.1 Å². The molecular formula is C11H11BrFNO. The predicted octanol–water partition coefficient (Wildman–Crippen LogP) is 3.49. The van der Waals surface area contributed by atoms with E-state index in [2.05, 4.69) is 21.2 Å². The Bertz CT molecular complexity index is 391. The van der Waals surface area contributed by atoms with Crippen LogP contribution in [0.1, 0.15) is 13.8 Å². The zero-order chi connectivity index (χ0) is 11.4. The fraction of sp³-hybridized carbons (Fsp3) is 0.182. The molecule has 0 atom stereocenters. The number of allylic oxidation sites excluding steroid dienone is 1. The summed E-state index contributed by atoms with van der Waals surface area (Å²) in [5.41, 5.74) is 1.03. The molecule has 0 saturated carbocycles. The molecule has 0 bridgehead atoms. The van der Waals surface area contributed by atoms with Crippen LogP contribution >= 0.6 is 15.9 Å². The molecule has 0 aliphatic carbocycles. The highest BCUT2D eigenvalue weighted by molar-refractivity contribution is 9.10. The van der Waals surface area contributed by atoms with Gasteiger partial charge in [-0.05, 0) is 41.9 Å². The first kappa shape index (κ1) is 11.9. The van der Waals surface area contributed by atoms with Crippen molar-refractivity contribution in [3.63, 3.8) is 0 Å². The summed E-state index contributed by atoms with van der Waals surface area (Å²) in [4.78, 5) is 11.4. The predicted molar refractivity (Wildman–Crippen MR) is 62.2 cm³/mol. The second-order valence-corrected chi connectivity index (χ2v) is 4.16. The van der Waals surface area contributed by atoms with Crippen LogP contribution in [0.2, 0.25) is 0 Å². The van der Waals surface area contributed by atoms with E-state index in [4.69, 9.17) is 0 Å². The number of rotatable bonds is 2. The van der Waals surface area contributed by atoms with Gasteiger partial charge in [-0.3, -0.25) is 4.79 Å². The minimum Gasteiger partial charge on any atom is -0.319 e. The minimum absolute atomic E-state index is 0.167. The Labute approximate surface area is 96.3 Å². The molecule has 4 heteroatoms. The molecule has 1 N–H and O–H groups in total. The van der Waals surface area contributed by atoms with Gasteiger partial charge in [0.2, 0.25) is 5.91 Å². The van der Waals surface area contributed by atoms with Gasteiger partial charge in [0.15, 0.2) is 0 Å². The van der Waals surface area contributed by atoms with Crippen LogP contribution in [0.3, 0.4) is 0 Å². The van der Waals surface area contributed by atoms with Gasteiger partial charge in [-0.25, -0.2) is 4.39 Å². The first-order valence-corrected chi connectivity index (χ1v) is 5.20. The number of benzene rings is 1. The van der Waals surface area contributed by atoms with Crippen LogP contribution in [-0.2, 0) is 4.79 Å². The number of halogens is 2. The van der Waals surface area contributed by atoms with Gasteiger partial charge in [0, 0.05) is 10.5 Å². The van der Waals surface area contributed by atoms with Crippen molar-refractivity contribution in [2.75, 3.05) is 5.32 Å². The lowest BCUT2D eigenvalue weighted by Crippen LogP contribution is -2.10. The zero-order valence-corrected chi connectivity index (χ0v) is 10.1. The number of hydrogen-bond acceptors (Lipinski definition) is 1. The van der Waals surface area contributed by atoms with Gasteiger partial charge < -0.3 is 5.32 Å². The van der Waals surface area contributed by atoms with Crippen molar-refractivity contribution < 1.29 is 9.18 Å². The van der Waals surface area contributed by atoms with E-state index in [0.717, 1.165) is 5.57 Å². The third-order valence-corrected chi connectivity index (χ3v) is 2.29. The lowest BCUT2D eigenvalue weighted by atomic mass is 10.3. The Morgan fingerprint density at radius 2 is 2.13 bits per heavy atom. The summed E-state index contributed by atoms with van der Waals surface area (Å²) in [5, 5.41) is 2.47. The van der Waals surface area contributed by atoms with E-state index < -0.39 is 5.82 Å². The molecular weight excluding hydrogens is 261 g/mol. The molecule has 0 aromatic heterocycles. The molecule has 0 fully saturated rings. The number of anilines is 1. The van der Waals surface area contributed by atoms with Crippen LogP contribution < -0.4 is 5.32 Å². The second kappa shape index (κ2) is 5.07. The largest absolute Gasteiger partial charge is 0.319 e. The first-order valence-electron chi connectivity index (χ1n) is 4.40. The minimum atomic E-state index is -0.458. The molecule has 0 aliphatic rings. The van der Waals surface area contributed by atoms with Gasteiger partial charge in [0.1, 0.15) is 5.82 Å². The van der Waals surface area contributed by atoms with E-state index in [1.807, 2.05) is 0 Å². The van der Waals surface area contributed by atoms with Crippen molar-refractivity contribution in [1.29, 1.82) is 0 Å². The lowest BCUT2D eigenvalue weighted by molar-refractivity contribution is -0.112. The molecule has 15 heavy (non-hydrogen) atoms. The number of hydrogen-bond donors (Lipinski definition) is 1. The van der Waals surface area contributed by atoms with Gasteiger partial charge >= 0.3 is 0 Å². The fourth-order valence-electron chi connectivity index (χ4n) is 1.04. The molecule has 1 rings (SSSR count). The number of amides is 1. The molecule has 0 unspecified atom stereocenters. The maximum absolute atomic E-state index is 13.3. The van der Waals surface area contributed by atoms with Gasteiger partial charge in [-0.1, -0.05) is 11.6 Å². The van der Waals surface area contributed by atoms with Crippen LogP contribution in [0.4, 0.5) is 10.1 Å². The third-order valence-electron chi connectivity index (χ3n) is 1.63. The summed E-state index contributed by atoms with van der Waals surface area (Å²) >= 11 is 3.17. The summed E-state index contributed by atoms with van der Waals surface area (Å²) < 4.78 is 13.8. The summed E-state index contributed by atoms with van der Waals surface area (Å²) in [7, 11) is 0. The van der Waals surface area contributed by atoms with E-state index in [1.165, 1.54) is 12.1 Å². The number of nitrogens with one attached hydrogen (secondary N) is 1. The van der Waals surface area contributed by atoms with E-state index >= 15 is 0 Å². The van der Waals surface area contributed by atoms with Gasteiger partial charge in [0.05, 0.1) is 5.69 Å². The van der Waals surface area contributed by atoms with Crippen molar-refractivity contribution in [1.82, 2.24) is 0 Å². The highest BCUT2D eigenvalue weighted by Crippen LogP contribution is 2.24. The van der Waals surface area contributed by atoms with E-state index in [0.29, 0.717) is 4.47 Å². The maximum atomic E-state index is 13.3. The van der Waals surface area contributed by atoms with Gasteiger partial charge in [-0.2, -0.15) is 0 Å². The van der Waals surface area contributed by atoms with E-state index in [1.54, 1.807) is 26.0 Å². The fourth-order valence-corrected chi connectivity index (χ4v) is 1.48. The van der Waals surface area contributed by atoms with Crippen molar-refractivity contribution >= 4 is 27.5 Å². The third kappa shape index (κ3) is 3.47. The highest BCUT2D eigenvalue weighted by atomic mass is 79.9. The first-order chi connectivity index (χ1) is 7.00. The number of para-hydroxylation sites is 1. The maximum Gasteiger partial charge on any atom is 0.248 e. The zero-order valence-electron chi connectivity index (χ0n) is 8.47. The number of carbonyl (C=O) groups excluding carboxylic acids is 1. The summed E-state index contributed by atoms with van der Waals surface area (Å²) in [6.07, 6.45) is 1.42. The standard InChI is InChI=1S/C11H11BrFNO/c1-7(2)6-10(15)14-11-8(12)4-3-5-9(11)13/h3-6H,1-2H3,(H,14,15). The molecule has 2 nitrogen and oxygen atoms in total. The van der Waals surface area contributed by atoms with Crippen LogP contribution in [0.25, 0.3) is 0 Å². The lowest BCUT2D eigenvalue weighted by Gasteiger charge is -2.06. The van der Waals surface area contributed by atoms with Crippen molar-refractivity contribution in [2.24, 2.45) is 0 Å². The summed E-state index contributed by atoms with van der Waals surface area (Å²) in [6, 6.07) is 4.53. The van der Waals surface area contributed by atoms with Crippen LogP contribution in [0.15, 0.2) is 34.3 Å². The molecule has 0 aliphatic heterocycles.